The van der Waals surface area contributed by atoms with Crippen LogP contribution in [0.2, 0.25) is 0 Å². The van der Waals surface area contributed by atoms with Crippen LogP contribution >= 0.6 is 22.6 Å². The van der Waals surface area contributed by atoms with Crippen molar-refractivity contribution < 1.29 is 33.3 Å². The molecule has 31 heavy (non-hydrogen) atoms. The Morgan fingerprint density at radius 2 is 1.94 bits per heavy atom. The first kappa shape index (κ1) is 24.3. The summed E-state index contributed by atoms with van der Waals surface area (Å²) in [4.78, 5) is 24.3. The molecule has 166 valence electrons. The normalized spacial score (nSPS) is 15.7. The SMILES string of the molecule is CCOC(=O)COc1c(I)cc(C2C(C#N)=C(N)OC(C)=C2C(=O)OCC)cc1OC. The second-order valence-corrected chi connectivity index (χ2v) is 7.41. The maximum Gasteiger partial charge on any atom is 0.344 e. The Balaban J connectivity index is 2.56. The Bertz CT molecular complexity index is 979. The minimum atomic E-state index is -0.820. The van der Waals surface area contributed by atoms with Gasteiger partial charge < -0.3 is 29.4 Å². The van der Waals surface area contributed by atoms with Gasteiger partial charge >= 0.3 is 11.9 Å². The molecule has 1 heterocycles. The van der Waals surface area contributed by atoms with Crippen LogP contribution in [-0.2, 0) is 23.8 Å². The van der Waals surface area contributed by atoms with E-state index >= 15 is 0 Å². The minimum absolute atomic E-state index is 0.0756. The standard InChI is InChI=1S/C21H23IN2O7/c1-5-28-16(25)10-30-19-14(22)7-12(8-15(19)27-4)18-13(9-23)20(24)31-11(3)17(18)21(26)29-6-2/h7-8,18H,5-6,10,24H2,1-4H3. The number of allylic oxidation sites excluding steroid dienone is 2. The number of carbonyl (C=O) groups excluding carboxylic acids is 2. The molecule has 0 aliphatic carbocycles. The van der Waals surface area contributed by atoms with Gasteiger partial charge in [0.1, 0.15) is 17.4 Å². The maximum absolute atomic E-state index is 12.7. The summed E-state index contributed by atoms with van der Waals surface area (Å²) in [5.74, 6) is -1.14. The van der Waals surface area contributed by atoms with E-state index in [-0.39, 0.29) is 42.6 Å². The molecule has 0 aromatic heterocycles. The third-order valence-electron chi connectivity index (χ3n) is 4.33. The van der Waals surface area contributed by atoms with Gasteiger partial charge in [-0.3, -0.25) is 0 Å². The van der Waals surface area contributed by atoms with Crippen molar-refractivity contribution in [2.45, 2.75) is 26.7 Å². The quantitative estimate of drug-likeness (QED) is 0.389. The highest BCUT2D eigenvalue weighted by Gasteiger charge is 2.37. The van der Waals surface area contributed by atoms with Crippen molar-refractivity contribution >= 4 is 34.5 Å². The number of esters is 2. The molecule has 0 amide bonds. The summed E-state index contributed by atoms with van der Waals surface area (Å²) in [6.45, 7) is 5.08. The van der Waals surface area contributed by atoms with E-state index in [1.165, 1.54) is 7.11 Å². The third-order valence-corrected chi connectivity index (χ3v) is 5.13. The van der Waals surface area contributed by atoms with E-state index in [9.17, 15) is 14.9 Å². The predicted molar refractivity (Wildman–Crippen MR) is 118 cm³/mol. The Morgan fingerprint density at radius 3 is 2.52 bits per heavy atom. The lowest BCUT2D eigenvalue weighted by Crippen LogP contribution is -2.25. The number of hydrogen-bond acceptors (Lipinski definition) is 9. The van der Waals surface area contributed by atoms with Crippen LogP contribution in [0.1, 0.15) is 32.3 Å². The Labute approximate surface area is 193 Å². The molecule has 10 heteroatoms. The fourth-order valence-electron chi connectivity index (χ4n) is 3.07. The summed E-state index contributed by atoms with van der Waals surface area (Å²) in [5.41, 5.74) is 6.73. The van der Waals surface area contributed by atoms with Gasteiger partial charge in [-0.25, -0.2) is 9.59 Å². The van der Waals surface area contributed by atoms with Gasteiger partial charge in [0.25, 0.3) is 0 Å². The van der Waals surface area contributed by atoms with Gasteiger partial charge in [-0.2, -0.15) is 5.26 Å². The lowest BCUT2D eigenvalue weighted by molar-refractivity contribution is -0.145. The number of rotatable bonds is 8. The highest BCUT2D eigenvalue weighted by atomic mass is 127. The average molecular weight is 542 g/mol. The summed E-state index contributed by atoms with van der Waals surface area (Å²) in [7, 11) is 1.44. The highest BCUT2D eigenvalue weighted by molar-refractivity contribution is 14.1. The summed E-state index contributed by atoms with van der Waals surface area (Å²) >= 11 is 2.02. The molecule has 1 atom stereocenters. The van der Waals surface area contributed by atoms with E-state index in [0.717, 1.165) is 0 Å². The monoisotopic (exact) mass is 542 g/mol. The maximum atomic E-state index is 12.7. The number of halogens is 1. The van der Waals surface area contributed by atoms with Crippen LogP contribution in [0.4, 0.5) is 0 Å². The van der Waals surface area contributed by atoms with Crippen LogP contribution in [0.15, 0.2) is 34.9 Å². The number of nitrogens with two attached hydrogens (primary N) is 1. The van der Waals surface area contributed by atoms with Crippen molar-refractivity contribution in [2.24, 2.45) is 5.73 Å². The first-order valence-electron chi connectivity index (χ1n) is 9.40. The zero-order valence-electron chi connectivity index (χ0n) is 17.6. The van der Waals surface area contributed by atoms with Gasteiger partial charge in [-0.1, -0.05) is 0 Å². The lowest BCUT2D eigenvalue weighted by atomic mass is 9.83. The molecule has 0 saturated carbocycles. The summed E-state index contributed by atoms with van der Waals surface area (Å²) in [5, 5.41) is 9.70. The van der Waals surface area contributed by atoms with E-state index in [4.69, 9.17) is 29.4 Å². The molecule has 0 fully saturated rings. The lowest BCUT2D eigenvalue weighted by Gasteiger charge is -2.27. The molecule has 9 nitrogen and oxygen atoms in total. The van der Waals surface area contributed by atoms with Crippen molar-refractivity contribution in [1.82, 2.24) is 0 Å². The first-order chi connectivity index (χ1) is 14.8. The zero-order valence-corrected chi connectivity index (χ0v) is 19.8. The molecule has 1 aliphatic heterocycles. The summed E-state index contributed by atoms with van der Waals surface area (Å²) in [6.07, 6.45) is 0. The van der Waals surface area contributed by atoms with Crippen molar-refractivity contribution in [3.05, 3.63) is 44.1 Å². The second kappa shape index (κ2) is 10.9. The zero-order chi connectivity index (χ0) is 23.1. The number of benzene rings is 1. The second-order valence-electron chi connectivity index (χ2n) is 6.24. The molecule has 1 unspecified atom stereocenters. The smallest absolute Gasteiger partial charge is 0.344 e. The van der Waals surface area contributed by atoms with Gasteiger partial charge in [0, 0.05) is 0 Å². The van der Waals surface area contributed by atoms with Crippen LogP contribution in [-0.4, -0.2) is 38.9 Å². The fraction of sp³-hybridized carbons (Fsp3) is 0.381. The van der Waals surface area contributed by atoms with Crippen LogP contribution in [0.5, 0.6) is 11.5 Å². The molecular weight excluding hydrogens is 519 g/mol. The topological polar surface area (TPSA) is 130 Å². The average Bonchev–Trinajstić information content (AvgIpc) is 2.72. The molecular formula is C21H23IN2O7. The Hall–Kier alpha value is -2.94. The Morgan fingerprint density at radius 1 is 1.26 bits per heavy atom. The van der Waals surface area contributed by atoms with E-state index < -0.39 is 17.9 Å². The van der Waals surface area contributed by atoms with Crippen molar-refractivity contribution in [2.75, 3.05) is 26.9 Å². The van der Waals surface area contributed by atoms with Crippen LogP contribution in [0.3, 0.4) is 0 Å². The highest BCUT2D eigenvalue weighted by Crippen LogP contribution is 2.43. The number of nitriles is 1. The van der Waals surface area contributed by atoms with E-state index in [0.29, 0.717) is 20.6 Å². The third kappa shape index (κ3) is 5.41. The van der Waals surface area contributed by atoms with Crippen molar-refractivity contribution in [1.29, 1.82) is 5.26 Å². The summed E-state index contributed by atoms with van der Waals surface area (Å²) in [6, 6.07) is 5.37. The number of nitrogens with zero attached hydrogens (tertiary/aromatic N) is 1. The molecule has 0 spiro atoms. The summed E-state index contributed by atoms with van der Waals surface area (Å²) < 4.78 is 27.1. The van der Waals surface area contributed by atoms with E-state index in [1.807, 2.05) is 28.7 Å². The van der Waals surface area contributed by atoms with E-state index in [1.54, 1.807) is 32.9 Å². The first-order valence-corrected chi connectivity index (χ1v) is 10.5. The van der Waals surface area contributed by atoms with Gasteiger partial charge in [0.2, 0.25) is 5.88 Å². The largest absolute Gasteiger partial charge is 0.493 e. The van der Waals surface area contributed by atoms with Crippen molar-refractivity contribution in [3.8, 4) is 17.6 Å². The van der Waals surface area contributed by atoms with Crippen LogP contribution in [0.25, 0.3) is 0 Å². The number of ether oxygens (including phenoxy) is 5. The molecule has 0 bridgehead atoms. The number of carbonyl (C=O) groups is 2. The minimum Gasteiger partial charge on any atom is -0.493 e. The van der Waals surface area contributed by atoms with Crippen LogP contribution < -0.4 is 15.2 Å². The van der Waals surface area contributed by atoms with Gasteiger partial charge in [0.05, 0.1) is 35.4 Å². The number of hydrogen-bond donors (Lipinski definition) is 1. The fourth-order valence-corrected chi connectivity index (χ4v) is 3.85. The van der Waals surface area contributed by atoms with Gasteiger partial charge in [-0.05, 0) is 61.1 Å². The molecule has 2 rings (SSSR count). The molecule has 1 aliphatic rings. The number of methoxy groups -OCH3 is 1. The van der Waals surface area contributed by atoms with E-state index in [2.05, 4.69) is 0 Å². The molecule has 0 saturated heterocycles. The molecule has 2 N–H and O–H groups in total. The van der Waals surface area contributed by atoms with Crippen LogP contribution in [0, 0.1) is 14.9 Å². The predicted octanol–water partition coefficient (Wildman–Crippen LogP) is 2.89. The molecule has 1 aromatic rings. The molecule has 1 aromatic carbocycles. The Kier molecular flexibility index (Phi) is 8.56. The molecule has 0 radical (unpaired) electrons. The van der Waals surface area contributed by atoms with Gasteiger partial charge in [-0.15, -0.1) is 0 Å². The van der Waals surface area contributed by atoms with Crippen molar-refractivity contribution in [3.63, 3.8) is 0 Å². The van der Waals surface area contributed by atoms with Gasteiger partial charge in [0.15, 0.2) is 18.1 Å².